The summed E-state index contributed by atoms with van der Waals surface area (Å²) >= 11 is 0. The fourth-order valence-electron chi connectivity index (χ4n) is 18.8. The van der Waals surface area contributed by atoms with Gasteiger partial charge < -0.3 is 9.80 Å². The van der Waals surface area contributed by atoms with Gasteiger partial charge in [-0.1, -0.05) is 230 Å². The van der Waals surface area contributed by atoms with E-state index in [2.05, 4.69) is 161 Å². The summed E-state index contributed by atoms with van der Waals surface area (Å²) in [5.41, 5.74) is 14.3. The second kappa shape index (κ2) is 27.5. The van der Waals surface area contributed by atoms with Crippen molar-refractivity contribution in [3.63, 3.8) is 0 Å². The molecule has 3 spiro atoms. The van der Waals surface area contributed by atoms with Gasteiger partial charge in [0.2, 0.25) is 9.84 Å². The van der Waals surface area contributed by atoms with Crippen LogP contribution in [0.25, 0.3) is 11.1 Å². The lowest BCUT2D eigenvalue weighted by molar-refractivity contribution is -0.0446. The summed E-state index contributed by atoms with van der Waals surface area (Å²) in [6, 6.07) is 53.6. The Hall–Kier alpha value is -4.81. The fourth-order valence-corrected chi connectivity index (χ4v) is 20.6. The van der Waals surface area contributed by atoms with Gasteiger partial charge in [0, 0.05) is 10.8 Å². The van der Waals surface area contributed by atoms with Crippen molar-refractivity contribution >= 4 is 9.84 Å². The van der Waals surface area contributed by atoms with Crippen LogP contribution in [0.15, 0.2) is 155 Å². The maximum atomic E-state index is 13.3. The Morgan fingerprint density at radius 2 is 0.549 bits per heavy atom. The Morgan fingerprint density at radius 3 is 0.829 bits per heavy atom. The van der Waals surface area contributed by atoms with E-state index in [1.54, 1.807) is 22.3 Å². The minimum absolute atomic E-state index is 0.0775. The van der Waals surface area contributed by atoms with Crippen molar-refractivity contribution in [1.82, 2.24) is 9.80 Å². The molecule has 1 heterocycles. The number of benzene rings is 6. The van der Waals surface area contributed by atoms with Gasteiger partial charge in [-0.3, -0.25) is 0 Å². The van der Waals surface area contributed by atoms with Gasteiger partial charge in [-0.2, -0.15) is 0 Å². The standard InChI is InChI=1S/C35H30.C22H22O2S.2C6H15N.4C2H6/c1-3-11-28-26(9-1)27-10-2-4-12-29(27)35(28)32-15-7-5-13-30(32)34(31-14-6-8-16-33(31)35)24-18-22-17-23(20-24)21-25(34)19-22;23-25(24)20-7-3-1-5-18(20)22(19-6-2-4-8-21(19)25)16-10-14-9-15(12-16)13-17(22)11-14;2*1-4-7(5-2)6-3;4*1-2/h1-16,22-25H,17-21H2;1-8,14-17H,9-13H2;2*4-6H2,1-3H3;4*1-2H3. The summed E-state index contributed by atoms with van der Waals surface area (Å²) < 4.78 is 26.6. The van der Waals surface area contributed by atoms with Crippen LogP contribution in [0.3, 0.4) is 0 Å². The summed E-state index contributed by atoms with van der Waals surface area (Å²) in [6.07, 6.45) is 13.7. The van der Waals surface area contributed by atoms with Crippen molar-refractivity contribution in [2.24, 2.45) is 47.3 Å². The lowest BCUT2D eigenvalue weighted by atomic mass is 9.38. The first-order valence-corrected chi connectivity index (χ1v) is 34.9. The van der Waals surface area contributed by atoms with Crippen molar-refractivity contribution in [2.75, 3.05) is 39.3 Å². The predicted molar refractivity (Wildman–Crippen MR) is 350 cm³/mol. The number of sulfone groups is 1. The molecule has 17 rings (SSSR count). The molecule has 0 unspecified atom stereocenters. The summed E-state index contributed by atoms with van der Waals surface area (Å²) in [7, 11) is -3.41. The average molecular weight is 1120 g/mol. The highest BCUT2D eigenvalue weighted by atomic mass is 32.2. The maximum Gasteiger partial charge on any atom is 0.207 e. The molecule has 1 aliphatic heterocycles. The molecular formula is C77H106N2O2S. The number of hydrogen-bond acceptors (Lipinski definition) is 4. The molecule has 6 aromatic carbocycles. The topological polar surface area (TPSA) is 40.6 Å². The van der Waals surface area contributed by atoms with E-state index in [1.165, 1.54) is 126 Å². The van der Waals surface area contributed by atoms with E-state index in [9.17, 15) is 8.42 Å². The average Bonchev–Trinajstić information content (AvgIpc) is 2.20. The molecule has 8 fully saturated rings. The van der Waals surface area contributed by atoms with Crippen LogP contribution in [-0.4, -0.2) is 57.5 Å². The number of fused-ring (bicyclic) bond motifs is 11. The van der Waals surface area contributed by atoms with Gasteiger partial charge in [0.25, 0.3) is 0 Å². The monoisotopic (exact) mass is 1120 g/mol. The first-order valence-electron chi connectivity index (χ1n) is 33.4. The normalized spacial score (nSPS) is 25.2. The Balaban J connectivity index is 0.000000163. The highest BCUT2D eigenvalue weighted by molar-refractivity contribution is 7.91. The Labute approximate surface area is 500 Å². The third-order valence-corrected chi connectivity index (χ3v) is 23.2. The number of hydrogen-bond donors (Lipinski definition) is 0. The molecule has 8 bridgehead atoms. The first kappa shape index (κ1) is 63.2. The van der Waals surface area contributed by atoms with Crippen LogP contribution in [0.5, 0.6) is 0 Å². The van der Waals surface area contributed by atoms with Crippen molar-refractivity contribution < 1.29 is 8.42 Å². The van der Waals surface area contributed by atoms with E-state index in [4.69, 9.17) is 0 Å². The highest BCUT2D eigenvalue weighted by Gasteiger charge is 2.65. The number of nitrogens with zero attached hydrogens (tertiary/aromatic N) is 2. The lowest BCUT2D eigenvalue weighted by Crippen LogP contribution is -2.59. The molecule has 442 valence electrons. The number of rotatable bonds is 6. The second-order valence-corrected chi connectivity index (χ2v) is 25.9. The van der Waals surface area contributed by atoms with Crippen LogP contribution in [0, 0.1) is 47.3 Å². The van der Waals surface area contributed by atoms with E-state index in [-0.39, 0.29) is 16.2 Å². The molecule has 8 saturated carbocycles. The maximum absolute atomic E-state index is 13.3. The Bertz CT molecular complexity index is 2890. The minimum Gasteiger partial charge on any atom is -0.304 e. The third kappa shape index (κ3) is 10.2. The predicted octanol–water partition coefficient (Wildman–Crippen LogP) is 19.5. The van der Waals surface area contributed by atoms with Gasteiger partial charge >= 0.3 is 0 Å². The molecule has 0 amide bonds. The largest absolute Gasteiger partial charge is 0.304 e. The summed E-state index contributed by atoms with van der Waals surface area (Å²) in [5, 5.41) is 0. The Morgan fingerprint density at radius 1 is 0.317 bits per heavy atom. The van der Waals surface area contributed by atoms with Crippen LogP contribution in [0.2, 0.25) is 0 Å². The van der Waals surface area contributed by atoms with Crippen molar-refractivity contribution in [1.29, 1.82) is 0 Å². The van der Waals surface area contributed by atoms with Gasteiger partial charge in [-0.05, 0) is 219 Å². The molecule has 6 aromatic rings. The smallest absolute Gasteiger partial charge is 0.207 e. The molecule has 4 nitrogen and oxygen atoms in total. The Kier molecular flexibility index (Phi) is 21.2. The first-order chi connectivity index (χ1) is 40.1. The highest BCUT2D eigenvalue weighted by Crippen LogP contribution is 2.72. The van der Waals surface area contributed by atoms with Crippen LogP contribution in [-0.2, 0) is 26.1 Å². The van der Waals surface area contributed by atoms with Crippen molar-refractivity contribution in [3.8, 4) is 11.1 Å². The van der Waals surface area contributed by atoms with Gasteiger partial charge in [0.1, 0.15) is 0 Å². The summed E-state index contributed by atoms with van der Waals surface area (Å²) in [5.74, 6) is 6.42. The van der Waals surface area contributed by atoms with Crippen molar-refractivity contribution in [3.05, 3.63) is 190 Å². The lowest BCUT2D eigenvalue weighted by Gasteiger charge is -2.65. The van der Waals surface area contributed by atoms with Crippen molar-refractivity contribution in [2.45, 2.75) is 187 Å². The SMILES string of the molecule is CC.CC.CC.CC.CCN(CC)CC.CCN(CC)CC.O=S1(=O)c2ccccc2C2(c3ccccc31)C1CC3CC(C1)CC2C3.c1ccc2c(c1)-c1ccccc1C21c2ccccc2C2(c3ccccc31)C1CC3CC(C1)CC2C3. The van der Waals surface area contributed by atoms with Crippen LogP contribution < -0.4 is 0 Å². The van der Waals surface area contributed by atoms with E-state index in [0.717, 1.165) is 46.6 Å². The molecule has 0 saturated heterocycles. The minimum atomic E-state index is -3.41. The molecule has 0 aromatic heterocycles. The van der Waals surface area contributed by atoms with Gasteiger partial charge in [-0.25, -0.2) is 8.42 Å². The molecule has 5 heteroatoms. The van der Waals surface area contributed by atoms with E-state index in [1.807, 2.05) is 91.8 Å². The molecule has 0 radical (unpaired) electrons. The van der Waals surface area contributed by atoms with Gasteiger partial charge in [0.15, 0.2) is 0 Å². The van der Waals surface area contributed by atoms with Gasteiger partial charge in [0.05, 0.1) is 15.2 Å². The third-order valence-electron chi connectivity index (χ3n) is 21.3. The molecule has 0 N–H and O–H groups in total. The van der Waals surface area contributed by atoms with Crippen LogP contribution >= 0.6 is 0 Å². The molecule has 0 atom stereocenters. The van der Waals surface area contributed by atoms with Crippen LogP contribution in [0.1, 0.15) is 206 Å². The summed E-state index contributed by atoms with van der Waals surface area (Å²) in [4.78, 5) is 5.89. The second-order valence-electron chi connectivity index (χ2n) is 24.0. The molecule has 82 heavy (non-hydrogen) atoms. The van der Waals surface area contributed by atoms with E-state index in [0.29, 0.717) is 21.6 Å². The van der Waals surface area contributed by atoms with E-state index < -0.39 is 9.84 Å². The zero-order valence-corrected chi connectivity index (χ0v) is 54.2. The van der Waals surface area contributed by atoms with Gasteiger partial charge in [-0.15, -0.1) is 0 Å². The zero-order valence-electron chi connectivity index (χ0n) is 53.4. The molecule has 11 aliphatic rings. The van der Waals surface area contributed by atoms with E-state index >= 15 is 0 Å². The van der Waals surface area contributed by atoms with Crippen LogP contribution in [0.4, 0.5) is 0 Å². The quantitative estimate of drug-likeness (QED) is 0.166. The fraction of sp³-hybridized carbons (Fsp3) is 0.532. The molecule has 10 aliphatic carbocycles. The summed E-state index contributed by atoms with van der Waals surface area (Å²) in [6.45, 7) is 36.2. The zero-order chi connectivity index (χ0) is 59.0. The molecular weight excluding hydrogens is 1020 g/mol.